The van der Waals surface area contributed by atoms with Gasteiger partial charge in [0.05, 0.1) is 39.9 Å². The molecule has 0 bridgehead atoms. The molecule has 0 radical (unpaired) electrons. The highest BCUT2D eigenvalue weighted by Gasteiger charge is 2.27. The third-order valence-electron chi connectivity index (χ3n) is 9.97. The van der Waals surface area contributed by atoms with Gasteiger partial charge in [-0.05, 0) is 64.2 Å². The van der Waals surface area contributed by atoms with Crippen LogP contribution < -0.4 is 5.32 Å². The molecule has 0 rings (SSSR count). The fourth-order valence-corrected chi connectivity index (χ4v) is 7.04. The van der Waals surface area contributed by atoms with Crippen LogP contribution in [0.5, 0.6) is 0 Å². The van der Waals surface area contributed by atoms with Crippen molar-refractivity contribution in [1.82, 2.24) is 5.32 Å². The Morgan fingerprint density at radius 2 is 1.07 bits per heavy atom. The number of aliphatic hydroxyl groups is 1. The topological polar surface area (TPSA) is 105 Å². The van der Waals surface area contributed by atoms with Gasteiger partial charge in [-0.25, -0.2) is 4.57 Å². The summed E-state index contributed by atoms with van der Waals surface area (Å²) in [6.07, 6.45) is 51.5. The minimum Gasteiger partial charge on any atom is -0.387 e. The number of likely N-dealkylation sites (N-methyl/N-ethyl adjacent to an activating group) is 1. The lowest BCUT2D eigenvalue weighted by Crippen LogP contribution is -2.45. The number of unbranched alkanes of at least 4 members (excludes halogenated alkanes) is 20. The van der Waals surface area contributed by atoms with Crippen molar-refractivity contribution in [3.05, 3.63) is 60.8 Å². The maximum Gasteiger partial charge on any atom is 0.472 e. The summed E-state index contributed by atoms with van der Waals surface area (Å²) in [5.41, 5.74) is 0. The third kappa shape index (κ3) is 42.1. The number of carbonyl (C=O) groups excluding carboxylic acids is 1. The van der Waals surface area contributed by atoms with E-state index in [9.17, 15) is 19.4 Å². The number of amides is 1. The minimum atomic E-state index is -4.35. The van der Waals surface area contributed by atoms with Crippen molar-refractivity contribution < 1.29 is 32.9 Å². The molecular weight excluding hydrogens is 732 g/mol. The van der Waals surface area contributed by atoms with E-state index in [-0.39, 0.29) is 19.1 Å². The van der Waals surface area contributed by atoms with Gasteiger partial charge in [0.1, 0.15) is 13.2 Å². The summed E-state index contributed by atoms with van der Waals surface area (Å²) in [7, 11) is 1.54. The number of nitrogens with zero attached hydrogens (tertiary/aromatic N) is 1. The summed E-state index contributed by atoms with van der Waals surface area (Å²) in [6, 6.07) is -0.870. The predicted octanol–water partition coefficient (Wildman–Crippen LogP) is 13.0. The summed E-state index contributed by atoms with van der Waals surface area (Å²) in [5, 5.41) is 13.8. The molecule has 9 heteroatoms. The smallest absolute Gasteiger partial charge is 0.387 e. The first kappa shape index (κ1) is 55.2. The number of quaternary nitrogens is 1. The summed E-state index contributed by atoms with van der Waals surface area (Å²) in [4.78, 5) is 23.1. The molecule has 0 fully saturated rings. The Balaban J connectivity index is 4.47. The SMILES string of the molecule is CC/C=C\C/C=C\C/C=C\CCCCCCCCCC(=O)NC(COP(=O)(O)OCC[N+](C)(C)C)C(O)/C=C/CC/C=C/CCCCCCCCCCCCCC. The van der Waals surface area contributed by atoms with Gasteiger partial charge < -0.3 is 19.8 Å². The van der Waals surface area contributed by atoms with E-state index >= 15 is 0 Å². The molecule has 0 heterocycles. The van der Waals surface area contributed by atoms with E-state index in [1.807, 2.05) is 27.2 Å². The van der Waals surface area contributed by atoms with Gasteiger partial charge in [-0.3, -0.25) is 13.8 Å². The zero-order valence-electron chi connectivity index (χ0n) is 37.6. The lowest BCUT2D eigenvalue weighted by atomic mass is 10.0. The van der Waals surface area contributed by atoms with Crippen molar-refractivity contribution in [3.63, 3.8) is 0 Å². The highest BCUT2D eigenvalue weighted by Crippen LogP contribution is 2.43. The van der Waals surface area contributed by atoms with Gasteiger partial charge in [-0.2, -0.15) is 0 Å². The number of rotatable bonds is 41. The summed E-state index contributed by atoms with van der Waals surface area (Å²) >= 11 is 0. The summed E-state index contributed by atoms with van der Waals surface area (Å²) in [5.74, 6) is -0.199. The van der Waals surface area contributed by atoms with Crippen molar-refractivity contribution in [1.29, 1.82) is 0 Å². The third-order valence-corrected chi connectivity index (χ3v) is 11.0. The number of hydrogen-bond acceptors (Lipinski definition) is 5. The first-order valence-electron chi connectivity index (χ1n) is 23.2. The fourth-order valence-electron chi connectivity index (χ4n) is 6.31. The van der Waals surface area contributed by atoms with Gasteiger partial charge in [-0.1, -0.05) is 177 Å². The number of hydrogen-bond donors (Lipinski definition) is 3. The van der Waals surface area contributed by atoms with Crippen LogP contribution in [0, 0.1) is 0 Å². The molecule has 332 valence electrons. The van der Waals surface area contributed by atoms with Crippen LogP contribution in [0.4, 0.5) is 0 Å². The second-order valence-electron chi connectivity index (χ2n) is 16.7. The van der Waals surface area contributed by atoms with Crippen molar-refractivity contribution in [2.45, 2.75) is 199 Å². The van der Waals surface area contributed by atoms with Crippen LogP contribution in [-0.4, -0.2) is 73.4 Å². The molecule has 0 aromatic rings. The van der Waals surface area contributed by atoms with Gasteiger partial charge >= 0.3 is 7.82 Å². The molecular formula is C48H90N2O6P+. The monoisotopic (exact) mass is 822 g/mol. The fraction of sp³-hybridized carbons (Fsp3) is 0.771. The maximum atomic E-state index is 12.9. The van der Waals surface area contributed by atoms with Crippen molar-refractivity contribution in [3.8, 4) is 0 Å². The Hall–Kier alpha value is -1.80. The Morgan fingerprint density at radius 3 is 1.61 bits per heavy atom. The standard InChI is InChI=1S/C48H89N2O6P/c1-6-8-10-12-14-16-18-20-22-24-26-27-29-31-33-35-37-39-41-47(51)46(45-56-57(53,54)55-44-43-50(3,4)5)49-48(52)42-40-38-36-34-32-30-28-25-23-21-19-17-15-13-11-9-7-2/h9,11,15,17,21,23,31,33,39,41,46-47,51H,6-8,10,12-14,16,18-20,22,24-30,32,34-38,40,42-45H2,1-5H3,(H-,49,52,53,54)/p+1/b11-9-,17-15-,23-21-,33-31+,41-39+. The number of aliphatic hydroxyl groups excluding tert-OH is 1. The lowest BCUT2D eigenvalue weighted by Gasteiger charge is -2.25. The van der Waals surface area contributed by atoms with Gasteiger partial charge in [0, 0.05) is 6.42 Å². The molecule has 0 saturated carbocycles. The molecule has 0 spiro atoms. The minimum absolute atomic E-state index is 0.0517. The van der Waals surface area contributed by atoms with E-state index in [1.54, 1.807) is 6.08 Å². The first-order chi connectivity index (χ1) is 27.5. The Bertz CT molecular complexity index is 1110. The Labute approximate surface area is 351 Å². The number of phosphoric acid groups is 1. The summed E-state index contributed by atoms with van der Waals surface area (Å²) < 4.78 is 23.6. The van der Waals surface area contributed by atoms with E-state index in [2.05, 4.69) is 67.8 Å². The van der Waals surface area contributed by atoms with Crippen LogP contribution in [0.1, 0.15) is 187 Å². The number of phosphoric ester groups is 1. The molecule has 57 heavy (non-hydrogen) atoms. The van der Waals surface area contributed by atoms with Crippen molar-refractivity contribution >= 4 is 13.7 Å². The second-order valence-corrected chi connectivity index (χ2v) is 18.2. The van der Waals surface area contributed by atoms with Gasteiger partial charge in [0.15, 0.2) is 0 Å². The molecule has 0 aromatic heterocycles. The lowest BCUT2D eigenvalue weighted by molar-refractivity contribution is -0.870. The molecule has 1 amide bonds. The molecule has 0 saturated heterocycles. The number of nitrogens with one attached hydrogen (secondary N) is 1. The Kier molecular flexibility index (Phi) is 38.4. The molecule has 8 nitrogen and oxygen atoms in total. The van der Waals surface area contributed by atoms with Crippen LogP contribution in [0.3, 0.4) is 0 Å². The van der Waals surface area contributed by atoms with Gasteiger partial charge in [-0.15, -0.1) is 0 Å². The first-order valence-corrected chi connectivity index (χ1v) is 24.7. The Morgan fingerprint density at radius 1 is 0.614 bits per heavy atom. The van der Waals surface area contributed by atoms with Crippen LogP contribution in [0.25, 0.3) is 0 Å². The van der Waals surface area contributed by atoms with Gasteiger partial charge in [0.25, 0.3) is 0 Å². The number of allylic oxidation sites excluding steroid dienone is 9. The van der Waals surface area contributed by atoms with Crippen molar-refractivity contribution in [2.75, 3.05) is 40.9 Å². The predicted molar refractivity (Wildman–Crippen MR) is 244 cm³/mol. The molecule has 0 aromatic carbocycles. The van der Waals surface area contributed by atoms with E-state index in [0.717, 1.165) is 70.6 Å². The van der Waals surface area contributed by atoms with E-state index < -0.39 is 20.0 Å². The highest BCUT2D eigenvalue weighted by molar-refractivity contribution is 7.47. The molecule has 0 aliphatic rings. The van der Waals surface area contributed by atoms with Crippen LogP contribution in [-0.2, 0) is 18.4 Å². The maximum absolute atomic E-state index is 12.9. The van der Waals surface area contributed by atoms with Crippen LogP contribution in [0.15, 0.2) is 60.8 Å². The van der Waals surface area contributed by atoms with Crippen molar-refractivity contribution in [2.24, 2.45) is 0 Å². The highest BCUT2D eigenvalue weighted by atomic mass is 31.2. The zero-order valence-corrected chi connectivity index (χ0v) is 38.5. The average molecular weight is 822 g/mol. The average Bonchev–Trinajstić information content (AvgIpc) is 3.16. The van der Waals surface area contributed by atoms with E-state index in [1.165, 1.54) is 96.3 Å². The van der Waals surface area contributed by atoms with Crippen LogP contribution in [0.2, 0.25) is 0 Å². The summed E-state index contributed by atoms with van der Waals surface area (Å²) in [6.45, 7) is 4.67. The largest absolute Gasteiger partial charge is 0.472 e. The molecule has 3 atom stereocenters. The second kappa shape index (κ2) is 39.6. The molecule has 0 aliphatic heterocycles. The molecule has 0 aliphatic carbocycles. The van der Waals surface area contributed by atoms with E-state index in [4.69, 9.17) is 9.05 Å². The van der Waals surface area contributed by atoms with Gasteiger partial charge in [0.2, 0.25) is 5.91 Å². The quantitative estimate of drug-likeness (QED) is 0.0245. The normalized spacial score (nSPS) is 14.9. The van der Waals surface area contributed by atoms with E-state index in [0.29, 0.717) is 17.4 Å². The molecule has 3 N–H and O–H groups in total. The zero-order chi connectivity index (χ0) is 42.1. The molecule has 3 unspecified atom stereocenters. The van der Waals surface area contributed by atoms with Crippen LogP contribution >= 0.6 is 7.82 Å². The number of carbonyl (C=O) groups is 1.